The molecule has 2 aromatic carbocycles. The van der Waals surface area contributed by atoms with Crippen molar-refractivity contribution < 1.29 is 14.3 Å². The van der Waals surface area contributed by atoms with Crippen LogP contribution in [0.1, 0.15) is 93.4 Å². The van der Waals surface area contributed by atoms with Gasteiger partial charge in [-0.2, -0.15) is 0 Å². The Bertz CT molecular complexity index is 810. The molecule has 1 unspecified atom stereocenters. The fourth-order valence-corrected chi connectivity index (χ4v) is 4.11. The summed E-state index contributed by atoms with van der Waals surface area (Å²) in [6.07, 6.45) is 10.3. The number of benzene rings is 2. The number of ether oxygens (including phenoxy) is 2. The highest BCUT2D eigenvalue weighted by molar-refractivity contribution is 5.69. The highest BCUT2D eigenvalue weighted by atomic mass is 16.5. The van der Waals surface area contributed by atoms with Crippen molar-refractivity contribution in [3.8, 4) is 11.5 Å². The Morgan fingerprint density at radius 3 is 1.87 bits per heavy atom. The van der Waals surface area contributed by atoms with E-state index in [0.717, 1.165) is 23.3 Å². The Morgan fingerprint density at radius 1 is 0.833 bits per heavy atom. The summed E-state index contributed by atoms with van der Waals surface area (Å²) in [5.41, 5.74) is 4.75. The van der Waals surface area contributed by atoms with Gasteiger partial charge in [0.15, 0.2) is 0 Å². The van der Waals surface area contributed by atoms with Gasteiger partial charge in [0, 0.05) is 12.8 Å². The SMILES string of the molecule is CCCCCCCCCC(c1ccc(OC)c(C)c1)c1ccc(OC(C)=O)c(C)c1. The minimum atomic E-state index is -0.281. The lowest BCUT2D eigenvalue weighted by Crippen LogP contribution is -2.06. The summed E-state index contributed by atoms with van der Waals surface area (Å²) in [6, 6.07) is 12.7. The number of aryl methyl sites for hydroxylation is 2. The average Bonchev–Trinajstić information content (AvgIpc) is 2.71. The van der Waals surface area contributed by atoms with E-state index in [-0.39, 0.29) is 5.97 Å². The van der Waals surface area contributed by atoms with E-state index in [0.29, 0.717) is 11.7 Å². The number of methoxy groups -OCH3 is 1. The molecule has 1 atom stereocenters. The van der Waals surface area contributed by atoms with Gasteiger partial charge >= 0.3 is 5.97 Å². The zero-order chi connectivity index (χ0) is 21.9. The Morgan fingerprint density at radius 2 is 1.37 bits per heavy atom. The van der Waals surface area contributed by atoms with E-state index in [1.165, 1.54) is 63.0 Å². The molecule has 0 aliphatic heterocycles. The molecule has 2 aromatic rings. The highest BCUT2D eigenvalue weighted by Gasteiger charge is 2.17. The molecule has 0 fully saturated rings. The van der Waals surface area contributed by atoms with Gasteiger partial charge in [-0.15, -0.1) is 0 Å². The third-order valence-corrected chi connectivity index (χ3v) is 5.77. The molecule has 3 heteroatoms. The Hall–Kier alpha value is -2.29. The van der Waals surface area contributed by atoms with E-state index in [1.807, 2.05) is 13.0 Å². The monoisotopic (exact) mass is 410 g/mol. The van der Waals surface area contributed by atoms with Crippen LogP contribution in [0, 0.1) is 13.8 Å². The maximum Gasteiger partial charge on any atom is 0.308 e. The third-order valence-electron chi connectivity index (χ3n) is 5.77. The van der Waals surface area contributed by atoms with Crippen molar-refractivity contribution in [1.82, 2.24) is 0 Å². The van der Waals surface area contributed by atoms with Crippen LogP contribution in [-0.2, 0) is 4.79 Å². The van der Waals surface area contributed by atoms with Crippen LogP contribution < -0.4 is 9.47 Å². The summed E-state index contributed by atoms with van der Waals surface area (Å²) < 4.78 is 10.8. The third kappa shape index (κ3) is 7.19. The van der Waals surface area contributed by atoms with E-state index >= 15 is 0 Å². The van der Waals surface area contributed by atoms with Crippen LogP contribution in [0.4, 0.5) is 0 Å². The molecule has 164 valence electrons. The average molecular weight is 411 g/mol. The molecule has 2 rings (SSSR count). The highest BCUT2D eigenvalue weighted by Crippen LogP contribution is 2.35. The zero-order valence-electron chi connectivity index (χ0n) is 19.4. The second-order valence-electron chi connectivity index (χ2n) is 8.31. The van der Waals surface area contributed by atoms with Gasteiger partial charge in [0.1, 0.15) is 11.5 Å². The van der Waals surface area contributed by atoms with Crippen molar-refractivity contribution in [3.63, 3.8) is 0 Å². The van der Waals surface area contributed by atoms with Gasteiger partial charge in [0.2, 0.25) is 0 Å². The summed E-state index contributed by atoms with van der Waals surface area (Å²) in [4.78, 5) is 11.3. The number of rotatable bonds is 12. The first-order valence-corrected chi connectivity index (χ1v) is 11.4. The van der Waals surface area contributed by atoms with Gasteiger partial charge in [-0.3, -0.25) is 4.79 Å². The van der Waals surface area contributed by atoms with Crippen molar-refractivity contribution in [2.24, 2.45) is 0 Å². The molecular weight excluding hydrogens is 372 g/mol. The summed E-state index contributed by atoms with van der Waals surface area (Å²) in [6.45, 7) is 7.81. The smallest absolute Gasteiger partial charge is 0.308 e. The molecule has 0 spiro atoms. The predicted octanol–water partition coefficient (Wildman–Crippen LogP) is 7.51. The quantitative estimate of drug-likeness (QED) is 0.206. The molecule has 0 aromatic heterocycles. The molecule has 0 radical (unpaired) electrons. The van der Waals surface area contributed by atoms with Crippen molar-refractivity contribution in [2.75, 3.05) is 7.11 Å². The van der Waals surface area contributed by atoms with Gasteiger partial charge in [0.05, 0.1) is 7.11 Å². The fraction of sp³-hybridized carbons (Fsp3) is 0.519. The Balaban J connectivity index is 2.17. The fourth-order valence-electron chi connectivity index (χ4n) is 4.11. The molecule has 0 bridgehead atoms. The first kappa shape index (κ1) is 24.0. The summed E-state index contributed by atoms with van der Waals surface area (Å²) in [7, 11) is 1.72. The van der Waals surface area contributed by atoms with Crippen molar-refractivity contribution in [3.05, 3.63) is 58.7 Å². The topological polar surface area (TPSA) is 35.5 Å². The first-order chi connectivity index (χ1) is 14.5. The van der Waals surface area contributed by atoms with Crippen molar-refractivity contribution >= 4 is 5.97 Å². The molecule has 30 heavy (non-hydrogen) atoms. The number of carbonyl (C=O) groups excluding carboxylic acids is 1. The number of hydrogen-bond donors (Lipinski definition) is 0. The molecule has 3 nitrogen and oxygen atoms in total. The lowest BCUT2D eigenvalue weighted by atomic mass is 9.85. The van der Waals surface area contributed by atoms with E-state index in [9.17, 15) is 4.79 Å². The molecule has 0 saturated carbocycles. The Labute approximate surface area is 182 Å². The number of unbranched alkanes of at least 4 members (excludes halogenated alkanes) is 6. The first-order valence-electron chi connectivity index (χ1n) is 11.4. The number of carbonyl (C=O) groups is 1. The molecule has 0 saturated heterocycles. The minimum absolute atomic E-state index is 0.281. The summed E-state index contributed by atoms with van der Waals surface area (Å²) in [5, 5.41) is 0. The van der Waals surface area contributed by atoms with Gasteiger partial charge in [-0.25, -0.2) is 0 Å². The molecule has 0 amide bonds. The predicted molar refractivity (Wildman–Crippen MR) is 125 cm³/mol. The Kier molecular flexibility index (Phi) is 9.93. The molecule has 0 N–H and O–H groups in total. The maximum atomic E-state index is 11.3. The summed E-state index contributed by atoms with van der Waals surface area (Å²) in [5.74, 6) is 1.62. The van der Waals surface area contributed by atoms with Crippen molar-refractivity contribution in [2.45, 2.75) is 85.0 Å². The van der Waals surface area contributed by atoms with Gasteiger partial charge < -0.3 is 9.47 Å². The van der Waals surface area contributed by atoms with Gasteiger partial charge in [0.25, 0.3) is 0 Å². The normalized spacial score (nSPS) is 11.9. The molecule has 0 aliphatic carbocycles. The van der Waals surface area contributed by atoms with Crippen molar-refractivity contribution in [1.29, 1.82) is 0 Å². The zero-order valence-corrected chi connectivity index (χ0v) is 19.4. The van der Waals surface area contributed by atoms with E-state index in [2.05, 4.69) is 44.2 Å². The van der Waals surface area contributed by atoms with Crippen LogP contribution >= 0.6 is 0 Å². The second-order valence-corrected chi connectivity index (χ2v) is 8.31. The van der Waals surface area contributed by atoms with Crippen LogP contribution in [0.2, 0.25) is 0 Å². The van der Waals surface area contributed by atoms with Gasteiger partial charge in [-0.05, 0) is 54.7 Å². The lowest BCUT2D eigenvalue weighted by molar-refractivity contribution is -0.131. The minimum Gasteiger partial charge on any atom is -0.496 e. The van der Waals surface area contributed by atoms with Crippen LogP contribution in [-0.4, -0.2) is 13.1 Å². The van der Waals surface area contributed by atoms with E-state index in [1.54, 1.807) is 7.11 Å². The molecular formula is C27H38O3. The van der Waals surface area contributed by atoms with Crippen LogP contribution in [0.5, 0.6) is 11.5 Å². The van der Waals surface area contributed by atoms with Crippen LogP contribution in [0.15, 0.2) is 36.4 Å². The lowest BCUT2D eigenvalue weighted by Gasteiger charge is -2.21. The molecule has 0 aliphatic rings. The standard InChI is InChI=1S/C27H38O3/c1-6-7-8-9-10-11-12-13-25(23-14-16-26(29-5)20(2)18-23)24-15-17-27(21(3)19-24)30-22(4)28/h14-19,25H,6-13H2,1-5H3. The second kappa shape index (κ2) is 12.4. The van der Waals surface area contributed by atoms with E-state index < -0.39 is 0 Å². The largest absolute Gasteiger partial charge is 0.496 e. The number of esters is 1. The van der Waals surface area contributed by atoms with E-state index in [4.69, 9.17) is 9.47 Å². The number of hydrogen-bond acceptors (Lipinski definition) is 3. The van der Waals surface area contributed by atoms with Crippen LogP contribution in [0.3, 0.4) is 0 Å². The molecule has 0 heterocycles. The summed E-state index contributed by atoms with van der Waals surface area (Å²) >= 11 is 0. The van der Waals surface area contributed by atoms with Crippen LogP contribution in [0.25, 0.3) is 0 Å². The maximum absolute atomic E-state index is 11.3. The van der Waals surface area contributed by atoms with Gasteiger partial charge in [-0.1, -0.05) is 76.1 Å².